The lowest BCUT2D eigenvalue weighted by atomic mass is 10.1. The highest BCUT2D eigenvalue weighted by Gasteiger charge is 2.21. The van der Waals surface area contributed by atoms with E-state index in [-0.39, 0.29) is 5.25 Å². The highest BCUT2D eigenvalue weighted by Crippen LogP contribution is 2.13. The van der Waals surface area contributed by atoms with Gasteiger partial charge in [-0.3, -0.25) is 0 Å². The first-order chi connectivity index (χ1) is 5.24. The quantitative estimate of drug-likeness (QED) is 0.631. The molecule has 1 saturated heterocycles. The Bertz CT molecular complexity index is 143. The molecule has 0 amide bonds. The van der Waals surface area contributed by atoms with Crippen molar-refractivity contribution in [2.75, 3.05) is 19.6 Å². The zero-order chi connectivity index (χ0) is 8.27. The fraction of sp³-hybridized carbons (Fsp3) is 1.00. The summed E-state index contributed by atoms with van der Waals surface area (Å²) in [5, 5.41) is 0.0257. The van der Waals surface area contributed by atoms with E-state index in [0.717, 1.165) is 32.5 Å². The second-order valence-electron chi connectivity index (χ2n) is 2.91. The van der Waals surface area contributed by atoms with Gasteiger partial charge in [-0.15, -0.1) is 0 Å². The van der Waals surface area contributed by atoms with Crippen LogP contribution in [-0.4, -0.2) is 38.5 Å². The van der Waals surface area contributed by atoms with Gasteiger partial charge in [0.1, 0.15) is 0 Å². The molecule has 0 aliphatic carbocycles. The van der Waals surface area contributed by atoms with Crippen molar-refractivity contribution < 1.29 is 8.76 Å². The third kappa shape index (κ3) is 2.54. The predicted molar refractivity (Wildman–Crippen MR) is 45.9 cm³/mol. The van der Waals surface area contributed by atoms with Gasteiger partial charge in [-0.05, 0) is 32.5 Å². The maximum Gasteiger partial charge on any atom is 0.156 e. The molecule has 4 heteroatoms. The van der Waals surface area contributed by atoms with Crippen LogP contribution in [0.2, 0.25) is 0 Å². The smallest absolute Gasteiger partial charge is 0.156 e. The van der Waals surface area contributed by atoms with Crippen LogP contribution in [-0.2, 0) is 11.1 Å². The number of hydrogen-bond acceptors (Lipinski definition) is 2. The number of nitrogens with zero attached hydrogens (tertiary/aromatic N) is 1. The number of likely N-dealkylation sites (tertiary alicyclic amines) is 1. The predicted octanol–water partition coefficient (Wildman–Crippen LogP) is 0.692. The van der Waals surface area contributed by atoms with Crippen LogP contribution in [0.3, 0.4) is 0 Å². The molecule has 1 aliphatic heterocycles. The molecule has 0 aromatic heterocycles. The van der Waals surface area contributed by atoms with E-state index in [0.29, 0.717) is 0 Å². The average Bonchev–Trinajstić information content (AvgIpc) is 2.05. The summed E-state index contributed by atoms with van der Waals surface area (Å²) in [6, 6.07) is 0. The Balaban J connectivity index is 2.30. The topological polar surface area (TPSA) is 40.5 Å². The van der Waals surface area contributed by atoms with E-state index < -0.39 is 11.1 Å². The molecule has 11 heavy (non-hydrogen) atoms. The lowest BCUT2D eigenvalue weighted by Crippen LogP contribution is -2.37. The minimum absolute atomic E-state index is 0.0257. The molecule has 0 spiro atoms. The minimum atomic E-state index is -1.60. The van der Waals surface area contributed by atoms with Gasteiger partial charge in [0.2, 0.25) is 0 Å². The van der Waals surface area contributed by atoms with Crippen LogP contribution in [0.15, 0.2) is 0 Å². The Kier molecular flexibility index (Phi) is 3.48. The zero-order valence-electron chi connectivity index (χ0n) is 6.82. The van der Waals surface area contributed by atoms with Crippen LogP contribution in [0.25, 0.3) is 0 Å². The van der Waals surface area contributed by atoms with Crippen LogP contribution < -0.4 is 0 Å². The van der Waals surface area contributed by atoms with Gasteiger partial charge in [-0.1, -0.05) is 6.92 Å². The lowest BCUT2D eigenvalue weighted by molar-refractivity contribution is 0.240. The summed E-state index contributed by atoms with van der Waals surface area (Å²) in [4.78, 5) is 2.31. The maximum absolute atomic E-state index is 10.6. The van der Waals surface area contributed by atoms with Crippen molar-refractivity contribution >= 4 is 11.1 Å². The Morgan fingerprint density at radius 2 is 2.09 bits per heavy atom. The molecular weight excluding hydrogens is 162 g/mol. The highest BCUT2D eigenvalue weighted by atomic mass is 32.2. The first-order valence-corrected chi connectivity index (χ1v) is 5.23. The van der Waals surface area contributed by atoms with E-state index in [4.69, 9.17) is 4.55 Å². The maximum atomic E-state index is 10.6. The third-order valence-corrected chi connectivity index (χ3v) is 3.31. The fourth-order valence-electron chi connectivity index (χ4n) is 1.43. The molecule has 3 nitrogen and oxygen atoms in total. The van der Waals surface area contributed by atoms with Crippen LogP contribution in [0, 0.1) is 0 Å². The number of piperidine rings is 1. The molecule has 1 rings (SSSR count). The van der Waals surface area contributed by atoms with E-state index in [2.05, 4.69) is 11.8 Å². The summed E-state index contributed by atoms with van der Waals surface area (Å²) in [7, 11) is 0. The highest BCUT2D eigenvalue weighted by molar-refractivity contribution is 7.79. The molecular formula is C7H15NO2S. The molecule has 0 radical (unpaired) electrons. The van der Waals surface area contributed by atoms with Crippen molar-refractivity contribution in [2.24, 2.45) is 0 Å². The molecule has 66 valence electrons. The van der Waals surface area contributed by atoms with Crippen molar-refractivity contribution in [3.05, 3.63) is 0 Å². The first-order valence-electron chi connectivity index (χ1n) is 4.06. The fourth-order valence-corrected chi connectivity index (χ4v) is 2.04. The summed E-state index contributed by atoms with van der Waals surface area (Å²) < 4.78 is 19.4. The van der Waals surface area contributed by atoms with Crippen LogP contribution in [0.4, 0.5) is 0 Å². The van der Waals surface area contributed by atoms with E-state index >= 15 is 0 Å². The van der Waals surface area contributed by atoms with E-state index in [1.54, 1.807) is 0 Å². The average molecular weight is 177 g/mol. The Morgan fingerprint density at radius 3 is 2.45 bits per heavy atom. The molecule has 0 aromatic carbocycles. The molecule has 1 unspecified atom stereocenters. The van der Waals surface area contributed by atoms with Gasteiger partial charge >= 0.3 is 0 Å². The van der Waals surface area contributed by atoms with Gasteiger partial charge in [-0.25, -0.2) is 4.21 Å². The van der Waals surface area contributed by atoms with Crippen molar-refractivity contribution in [1.29, 1.82) is 0 Å². The number of hydrogen-bond donors (Lipinski definition) is 1. The van der Waals surface area contributed by atoms with Crippen LogP contribution in [0.1, 0.15) is 19.8 Å². The van der Waals surface area contributed by atoms with Gasteiger partial charge in [0.25, 0.3) is 0 Å². The summed E-state index contributed by atoms with van der Waals surface area (Å²) >= 11 is -1.60. The normalized spacial score (nSPS) is 25.3. The van der Waals surface area contributed by atoms with E-state index in [1.807, 2.05) is 0 Å². The van der Waals surface area contributed by atoms with Crippen molar-refractivity contribution in [2.45, 2.75) is 25.0 Å². The van der Waals surface area contributed by atoms with E-state index in [1.165, 1.54) is 0 Å². The van der Waals surface area contributed by atoms with Crippen molar-refractivity contribution in [3.8, 4) is 0 Å². The van der Waals surface area contributed by atoms with Gasteiger partial charge < -0.3 is 9.45 Å². The molecule has 0 saturated carbocycles. The van der Waals surface area contributed by atoms with Gasteiger partial charge in [-0.2, -0.15) is 0 Å². The SMILES string of the molecule is CCN1CCC(S(=O)O)CC1. The van der Waals surface area contributed by atoms with Gasteiger partial charge in [0.15, 0.2) is 11.1 Å². The Morgan fingerprint density at radius 1 is 1.55 bits per heavy atom. The summed E-state index contributed by atoms with van der Waals surface area (Å²) in [5.74, 6) is 0. The first kappa shape index (κ1) is 9.16. The second kappa shape index (κ2) is 4.18. The third-order valence-electron chi connectivity index (χ3n) is 2.27. The zero-order valence-corrected chi connectivity index (χ0v) is 7.64. The van der Waals surface area contributed by atoms with Crippen molar-refractivity contribution in [1.82, 2.24) is 4.90 Å². The van der Waals surface area contributed by atoms with Crippen LogP contribution in [0.5, 0.6) is 0 Å². The molecule has 0 aromatic rings. The number of rotatable bonds is 2. The Hall–Kier alpha value is 0.0700. The summed E-state index contributed by atoms with van der Waals surface area (Å²) in [6.45, 7) is 5.14. The summed E-state index contributed by atoms with van der Waals surface area (Å²) in [5.41, 5.74) is 0. The molecule has 0 bridgehead atoms. The van der Waals surface area contributed by atoms with Gasteiger partial charge in [0.05, 0.1) is 5.25 Å². The molecule has 1 fully saturated rings. The second-order valence-corrected chi connectivity index (χ2v) is 4.13. The standard InChI is InChI=1S/C7H15NO2S/c1-2-8-5-3-7(4-6-8)11(9)10/h7H,2-6H2,1H3,(H,9,10). The Labute approximate surface area is 70.1 Å². The largest absolute Gasteiger partial charge is 0.306 e. The van der Waals surface area contributed by atoms with E-state index in [9.17, 15) is 4.21 Å². The molecule has 1 atom stereocenters. The molecule has 1 aliphatic rings. The molecule has 1 N–H and O–H groups in total. The summed E-state index contributed by atoms with van der Waals surface area (Å²) in [6.07, 6.45) is 1.74. The lowest BCUT2D eigenvalue weighted by Gasteiger charge is -2.28. The van der Waals surface area contributed by atoms with Crippen molar-refractivity contribution in [3.63, 3.8) is 0 Å². The monoisotopic (exact) mass is 177 g/mol. The van der Waals surface area contributed by atoms with Crippen LogP contribution >= 0.6 is 0 Å². The minimum Gasteiger partial charge on any atom is -0.306 e. The molecule has 1 heterocycles. The van der Waals surface area contributed by atoms with Gasteiger partial charge in [0, 0.05) is 0 Å².